The minimum absolute atomic E-state index is 0.0147. The van der Waals surface area contributed by atoms with Crippen molar-refractivity contribution in [2.45, 2.75) is 59.0 Å². The first-order valence-corrected chi connectivity index (χ1v) is 6.72. The third kappa shape index (κ3) is 1.62. The highest BCUT2D eigenvalue weighted by Crippen LogP contribution is 2.59. The van der Waals surface area contributed by atoms with E-state index in [9.17, 15) is 10.2 Å². The minimum Gasteiger partial charge on any atom is -0.396 e. The highest BCUT2D eigenvalue weighted by molar-refractivity contribution is 5.04. The van der Waals surface area contributed by atoms with Crippen LogP contribution < -0.4 is 0 Å². The molecule has 0 saturated heterocycles. The molecule has 2 fully saturated rings. The molecule has 0 radical (unpaired) electrons. The second-order valence-corrected chi connectivity index (χ2v) is 6.74. The van der Waals surface area contributed by atoms with E-state index in [2.05, 4.69) is 20.8 Å². The lowest BCUT2D eigenvalue weighted by molar-refractivity contribution is -0.142. The molecule has 0 amide bonds. The quantitative estimate of drug-likeness (QED) is 0.721. The van der Waals surface area contributed by atoms with Crippen LogP contribution in [0.2, 0.25) is 0 Å². The van der Waals surface area contributed by atoms with Crippen molar-refractivity contribution in [3.63, 3.8) is 0 Å². The standard InChI is InChI=1S/C14H26O2/c1-13(2)11-6-4-5-10(9-15)14(11,3)8-7-12(13)16/h10-12,15-16H,4-9H2,1-3H3/t10-,11+,12+,14-/m1/s1. The molecule has 2 saturated carbocycles. The van der Waals surface area contributed by atoms with Crippen LogP contribution in [0.3, 0.4) is 0 Å². The highest BCUT2D eigenvalue weighted by Gasteiger charge is 2.54. The molecule has 0 aromatic heterocycles. The molecule has 0 bridgehead atoms. The van der Waals surface area contributed by atoms with Crippen LogP contribution in [0.25, 0.3) is 0 Å². The van der Waals surface area contributed by atoms with Gasteiger partial charge in [0.25, 0.3) is 0 Å². The Bertz CT molecular complexity index is 261. The Morgan fingerprint density at radius 1 is 1.12 bits per heavy atom. The molecule has 0 spiro atoms. The summed E-state index contributed by atoms with van der Waals surface area (Å²) in [6, 6.07) is 0. The van der Waals surface area contributed by atoms with Crippen LogP contribution in [0.1, 0.15) is 52.9 Å². The van der Waals surface area contributed by atoms with Gasteiger partial charge in [-0.15, -0.1) is 0 Å². The number of aliphatic hydroxyl groups excluding tert-OH is 2. The normalized spacial score (nSPS) is 47.4. The van der Waals surface area contributed by atoms with Gasteiger partial charge in [0.1, 0.15) is 0 Å². The molecule has 2 N–H and O–H groups in total. The topological polar surface area (TPSA) is 40.5 Å². The lowest BCUT2D eigenvalue weighted by Crippen LogP contribution is -2.54. The summed E-state index contributed by atoms with van der Waals surface area (Å²) >= 11 is 0. The van der Waals surface area contributed by atoms with E-state index in [1.165, 1.54) is 12.8 Å². The molecule has 0 unspecified atom stereocenters. The molecular weight excluding hydrogens is 200 g/mol. The van der Waals surface area contributed by atoms with Crippen molar-refractivity contribution in [3.8, 4) is 0 Å². The lowest BCUT2D eigenvalue weighted by Gasteiger charge is -2.58. The fourth-order valence-electron chi connectivity index (χ4n) is 4.46. The molecule has 0 aromatic carbocycles. The average molecular weight is 226 g/mol. The van der Waals surface area contributed by atoms with E-state index in [0.717, 1.165) is 19.3 Å². The molecule has 0 aliphatic heterocycles. The van der Waals surface area contributed by atoms with E-state index < -0.39 is 0 Å². The smallest absolute Gasteiger partial charge is 0.0594 e. The molecule has 0 heterocycles. The molecule has 2 aliphatic rings. The summed E-state index contributed by atoms with van der Waals surface area (Å²) < 4.78 is 0. The second-order valence-electron chi connectivity index (χ2n) is 6.74. The molecule has 0 aromatic rings. The van der Waals surface area contributed by atoms with E-state index in [1.807, 2.05) is 0 Å². The van der Waals surface area contributed by atoms with Crippen molar-refractivity contribution in [2.24, 2.45) is 22.7 Å². The molecule has 94 valence electrons. The van der Waals surface area contributed by atoms with Gasteiger partial charge in [-0.05, 0) is 48.3 Å². The maximum absolute atomic E-state index is 10.2. The van der Waals surface area contributed by atoms with E-state index in [4.69, 9.17) is 0 Å². The summed E-state index contributed by atoms with van der Waals surface area (Å²) in [5, 5.41) is 19.8. The first kappa shape index (κ1) is 12.4. The van der Waals surface area contributed by atoms with Crippen molar-refractivity contribution in [1.29, 1.82) is 0 Å². The first-order valence-electron chi connectivity index (χ1n) is 6.72. The molecule has 2 nitrogen and oxygen atoms in total. The van der Waals surface area contributed by atoms with Crippen molar-refractivity contribution >= 4 is 0 Å². The zero-order valence-electron chi connectivity index (χ0n) is 10.9. The Kier molecular flexibility index (Phi) is 3.09. The van der Waals surface area contributed by atoms with Crippen LogP contribution in [-0.2, 0) is 0 Å². The minimum atomic E-state index is -0.164. The molecule has 2 aliphatic carbocycles. The van der Waals surface area contributed by atoms with Crippen LogP contribution in [0.4, 0.5) is 0 Å². The van der Waals surface area contributed by atoms with Crippen molar-refractivity contribution in [3.05, 3.63) is 0 Å². The van der Waals surface area contributed by atoms with Crippen LogP contribution in [-0.4, -0.2) is 22.9 Å². The average Bonchev–Trinajstić information content (AvgIpc) is 2.24. The van der Waals surface area contributed by atoms with Gasteiger partial charge in [-0.2, -0.15) is 0 Å². The predicted octanol–water partition coefficient (Wildman–Crippen LogP) is 2.58. The molecule has 16 heavy (non-hydrogen) atoms. The number of hydrogen-bond acceptors (Lipinski definition) is 2. The Labute approximate surface area is 99.1 Å². The molecular formula is C14H26O2. The second kappa shape index (κ2) is 3.99. The number of fused-ring (bicyclic) bond motifs is 1. The maximum Gasteiger partial charge on any atom is 0.0594 e. The molecule has 2 rings (SSSR count). The fraction of sp³-hybridized carbons (Fsp3) is 1.00. The monoisotopic (exact) mass is 226 g/mol. The highest BCUT2D eigenvalue weighted by atomic mass is 16.3. The SMILES string of the molecule is CC1(C)[C@@H](O)CC[C@]2(C)[C@@H](CO)CCC[C@@H]12. The Balaban J connectivity index is 2.30. The third-order valence-corrected chi connectivity index (χ3v) is 5.71. The fourth-order valence-corrected chi connectivity index (χ4v) is 4.46. The molecule has 4 atom stereocenters. The Morgan fingerprint density at radius 3 is 2.44 bits per heavy atom. The summed E-state index contributed by atoms with van der Waals surface area (Å²) in [6.45, 7) is 7.07. The molecule has 2 heteroatoms. The van der Waals surface area contributed by atoms with E-state index in [0.29, 0.717) is 18.4 Å². The largest absolute Gasteiger partial charge is 0.396 e. The van der Waals surface area contributed by atoms with Gasteiger partial charge in [0.05, 0.1) is 6.10 Å². The van der Waals surface area contributed by atoms with Gasteiger partial charge >= 0.3 is 0 Å². The maximum atomic E-state index is 10.2. The number of rotatable bonds is 1. The van der Waals surface area contributed by atoms with Gasteiger partial charge in [0.15, 0.2) is 0 Å². The van der Waals surface area contributed by atoms with Crippen molar-refractivity contribution in [2.75, 3.05) is 6.61 Å². The lowest BCUT2D eigenvalue weighted by atomic mass is 9.48. The van der Waals surface area contributed by atoms with Gasteiger partial charge in [-0.25, -0.2) is 0 Å². The van der Waals surface area contributed by atoms with Crippen LogP contribution in [0.15, 0.2) is 0 Å². The van der Waals surface area contributed by atoms with E-state index in [1.54, 1.807) is 0 Å². The first-order chi connectivity index (χ1) is 7.43. The van der Waals surface area contributed by atoms with Gasteiger partial charge in [-0.3, -0.25) is 0 Å². The van der Waals surface area contributed by atoms with Gasteiger partial charge in [0.2, 0.25) is 0 Å². The predicted molar refractivity (Wildman–Crippen MR) is 65.0 cm³/mol. The summed E-state index contributed by atoms with van der Waals surface area (Å²) in [5.74, 6) is 1.01. The zero-order chi connectivity index (χ0) is 12.0. The summed E-state index contributed by atoms with van der Waals surface area (Å²) in [4.78, 5) is 0. The third-order valence-electron chi connectivity index (χ3n) is 5.71. The zero-order valence-corrected chi connectivity index (χ0v) is 10.9. The van der Waals surface area contributed by atoms with Crippen molar-refractivity contribution in [1.82, 2.24) is 0 Å². The van der Waals surface area contributed by atoms with E-state index in [-0.39, 0.29) is 16.9 Å². The Morgan fingerprint density at radius 2 is 1.81 bits per heavy atom. The van der Waals surface area contributed by atoms with Gasteiger partial charge in [0, 0.05) is 6.61 Å². The van der Waals surface area contributed by atoms with E-state index >= 15 is 0 Å². The van der Waals surface area contributed by atoms with Crippen LogP contribution >= 0.6 is 0 Å². The van der Waals surface area contributed by atoms with Crippen molar-refractivity contribution < 1.29 is 10.2 Å². The summed E-state index contributed by atoms with van der Waals surface area (Å²) in [7, 11) is 0. The van der Waals surface area contributed by atoms with Crippen LogP contribution in [0, 0.1) is 22.7 Å². The van der Waals surface area contributed by atoms with Crippen LogP contribution in [0.5, 0.6) is 0 Å². The number of aliphatic hydroxyl groups is 2. The number of hydrogen-bond donors (Lipinski definition) is 2. The Hall–Kier alpha value is -0.0800. The summed E-state index contributed by atoms with van der Waals surface area (Å²) in [6.07, 6.45) is 5.40. The van der Waals surface area contributed by atoms with Gasteiger partial charge < -0.3 is 10.2 Å². The summed E-state index contributed by atoms with van der Waals surface area (Å²) in [5.41, 5.74) is 0.260. The van der Waals surface area contributed by atoms with Gasteiger partial charge in [-0.1, -0.05) is 27.2 Å².